The predicted octanol–water partition coefficient (Wildman–Crippen LogP) is 3.72. The maximum absolute atomic E-state index is 11.9. The second-order valence-corrected chi connectivity index (χ2v) is 8.47. The molecule has 2 aliphatic rings. The molecule has 148 valence electrons. The van der Waals surface area contributed by atoms with E-state index < -0.39 is 0 Å². The number of likely N-dealkylation sites (tertiary alicyclic amines) is 1. The van der Waals surface area contributed by atoms with Gasteiger partial charge in [0.15, 0.2) is 5.96 Å². The number of hydrogen-bond donors (Lipinski definition) is 1. The number of hydrogen-bond acceptors (Lipinski definition) is 3. The van der Waals surface area contributed by atoms with Crippen molar-refractivity contribution in [2.75, 3.05) is 33.3 Å². The second kappa shape index (κ2) is 9.09. The van der Waals surface area contributed by atoms with Crippen LogP contribution in [0, 0.1) is 5.92 Å². The van der Waals surface area contributed by atoms with Crippen molar-refractivity contribution in [3.8, 4) is 0 Å². The van der Waals surface area contributed by atoms with E-state index in [0.29, 0.717) is 6.61 Å². The summed E-state index contributed by atoms with van der Waals surface area (Å²) in [6.07, 6.45) is 5.36. The number of carbonyl (C=O) groups is 1. The number of nitrogens with one attached hydrogen (secondary N) is 1. The first-order valence-electron chi connectivity index (χ1n) is 9.96. The summed E-state index contributed by atoms with van der Waals surface area (Å²) in [7, 11) is 1.84. The Hall–Kier alpha value is -1.56. The third-order valence-electron chi connectivity index (χ3n) is 5.98. The van der Waals surface area contributed by atoms with Crippen molar-refractivity contribution >= 4 is 27.9 Å². The van der Waals surface area contributed by atoms with E-state index in [1.54, 1.807) is 0 Å². The van der Waals surface area contributed by atoms with Gasteiger partial charge in [0.1, 0.15) is 0 Å². The molecule has 3 rings (SSSR count). The van der Waals surface area contributed by atoms with Gasteiger partial charge in [-0.05, 0) is 50.3 Å². The van der Waals surface area contributed by atoms with E-state index in [1.165, 1.54) is 24.8 Å². The quantitative estimate of drug-likeness (QED) is 0.434. The Kier molecular flexibility index (Phi) is 6.79. The molecule has 1 aromatic carbocycles. The van der Waals surface area contributed by atoms with Gasteiger partial charge in [-0.1, -0.05) is 34.5 Å². The van der Waals surface area contributed by atoms with E-state index in [4.69, 9.17) is 4.74 Å². The third-order valence-corrected chi connectivity index (χ3v) is 6.51. The van der Waals surface area contributed by atoms with Crippen molar-refractivity contribution < 1.29 is 9.53 Å². The van der Waals surface area contributed by atoms with Crippen LogP contribution in [0.1, 0.15) is 44.6 Å². The van der Waals surface area contributed by atoms with Crippen LogP contribution in [-0.4, -0.2) is 50.1 Å². The van der Waals surface area contributed by atoms with Crippen LogP contribution in [0.5, 0.6) is 0 Å². The lowest BCUT2D eigenvalue weighted by Gasteiger charge is -2.44. The average Bonchev–Trinajstić information content (AvgIpc) is 2.65. The first kappa shape index (κ1) is 20.2. The van der Waals surface area contributed by atoms with Crippen LogP contribution in [0.4, 0.5) is 0 Å². The molecule has 1 aromatic rings. The smallest absolute Gasteiger partial charge is 0.309 e. The van der Waals surface area contributed by atoms with Crippen LogP contribution >= 0.6 is 15.9 Å². The summed E-state index contributed by atoms with van der Waals surface area (Å²) in [5.74, 6) is 0.921. The molecule has 1 N–H and O–H groups in total. The molecule has 1 heterocycles. The standard InChI is InChI=1S/C21H30BrN3O2/c1-3-27-19(26)16-9-13-25(14-10-16)20(23-2)24-15-21(11-4-12-21)17-5-7-18(22)8-6-17/h5-8,16H,3-4,9-15H2,1-2H3,(H,23,24). The molecule has 0 unspecified atom stereocenters. The number of ether oxygens (including phenoxy) is 1. The molecule has 0 atom stereocenters. The molecule has 2 fully saturated rings. The van der Waals surface area contributed by atoms with E-state index >= 15 is 0 Å². The third kappa shape index (κ3) is 4.65. The molecule has 0 aromatic heterocycles. The van der Waals surface area contributed by atoms with E-state index in [0.717, 1.165) is 42.9 Å². The maximum atomic E-state index is 11.9. The summed E-state index contributed by atoms with van der Waals surface area (Å²) < 4.78 is 6.29. The Morgan fingerprint density at radius 2 is 1.96 bits per heavy atom. The van der Waals surface area contributed by atoms with Gasteiger partial charge in [-0.15, -0.1) is 0 Å². The average molecular weight is 436 g/mol. The molecule has 27 heavy (non-hydrogen) atoms. The number of benzene rings is 1. The Labute approximate surface area is 170 Å². The molecule has 6 heteroatoms. The van der Waals surface area contributed by atoms with Crippen LogP contribution in [0.3, 0.4) is 0 Å². The Morgan fingerprint density at radius 1 is 1.30 bits per heavy atom. The zero-order valence-corrected chi connectivity index (χ0v) is 17.9. The molecule has 1 aliphatic carbocycles. The SMILES string of the molecule is CCOC(=O)C1CCN(C(=NC)NCC2(c3ccc(Br)cc3)CCC2)CC1. The number of guanidine groups is 1. The van der Waals surface area contributed by atoms with Gasteiger partial charge in [0.2, 0.25) is 0 Å². The largest absolute Gasteiger partial charge is 0.466 e. The molecule has 0 amide bonds. The molecule has 0 bridgehead atoms. The summed E-state index contributed by atoms with van der Waals surface area (Å²) in [5.41, 5.74) is 1.61. The summed E-state index contributed by atoms with van der Waals surface area (Å²) in [5, 5.41) is 3.61. The van der Waals surface area contributed by atoms with Gasteiger partial charge in [0.05, 0.1) is 12.5 Å². The summed E-state index contributed by atoms with van der Waals surface area (Å²) in [6.45, 7) is 4.91. The van der Waals surface area contributed by atoms with Crippen molar-refractivity contribution in [3.05, 3.63) is 34.3 Å². The second-order valence-electron chi connectivity index (χ2n) is 7.55. The zero-order valence-electron chi connectivity index (χ0n) is 16.3. The molecule has 1 saturated carbocycles. The highest BCUT2D eigenvalue weighted by Crippen LogP contribution is 2.43. The molecule has 0 spiro atoms. The molecule has 1 saturated heterocycles. The van der Waals surface area contributed by atoms with E-state index in [1.807, 2.05) is 14.0 Å². The fraction of sp³-hybridized carbons (Fsp3) is 0.619. The maximum Gasteiger partial charge on any atom is 0.309 e. The van der Waals surface area contributed by atoms with Crippen LogP contribution < -0.4 is 5.32 Å². The minimum Gasteiger partial charge on any atom is -0.466 e. The van der Waals surface area contributed by atoms with Crippen LogP contribution in [0.15, 0.2) is 33.7 Å². The molecule has 1 aliphatic heterocycles. The van der Waals surface area contributed by atoms with E-state index in [2.05, 4.69) is 55.4 Å². The zero-order chi connectivity index (χ0) is 19.3. The van der Waals surface area contributed by atoms with Gasteiger partial charge in [0.25, 0.3) is 0 Å². The van der Waals surface area contributed by atoms with Crippen LogP contribution in [-0.2, 0) is 14.9 Å². The lowest BCUT2D eigenvalue weighted by molar-refractivity contribution is -0.149. The fourth-order valence-electron chi connectivity index (χ4n) is 4.14. The van der Waals surface area contributed by atoms with Crippen molar-refractivity contribution in [1.29, 1.82) is 0 Å². The minimum absolute atomic E-state index is 0.0278. The number of nitrogens with zero attached hydrogens (tertiary/aromatic N) is 2. The van der Waals surface area contributed by atoms with Crippen molar-refractivity contribution in [2.45, 2.75) is 44.4 Å². The van der Waals surface area contributed by atoms with Crippen LogP contribution in [0.2, 0.25) is 0 Å². The fourth-order valence-corrected chi connectivity index (χ4v) is 4.41. The normalized spacial score (nSPS) is 20.1. The van der Waals surface area contributed by atoms with Crippen molar-refractivity contribution in [1.82, 2.24) is 10.2 Å². The summed E-state index contributed by atoms with van der Waals surface area (Å²) in [6, 6.07) is 8.73. The van der Waals surface area contributed by atoms with Crippen molar-refractivity contribution in [3.63, 3.8) is 0 Å². The van der Waals surface area contributed by atoms with Crippen LogP contribution in [0.25, 0.3) is 0 Å². The first-order chi connectivity index (χ1) is 13.1. The predicted molar refractivity (Wildman–Crippen MR) is 112 cm³/mol. The highest BCUT2D eigenvalue weighted by Gasteiger charge is 2.39. The van der Waals surface area contributed by atoms with E-state index in [-0.39, 0.29) is 17.3 Å². The highest BCUT2D eigenvalue weighted by atomic mass is 79.9. The molecule has 5 nitrogen and oxygen atoms in total. The molecular weight excluding hydrogens is 406 g/mol. The number of esters is 1. The number of carbonyl (C=O) groups excluding carboxylic acids is 1. The Bertz CT molecular complexity index is 663. The van der Waals surface area contributed by atoms with Crippen molar-refractivity contribution in [2.24, 2.45) is 10.9 Å². The van der Waals surface area contributed by atoms with Gasteiger partial charge in [-0.25, -0.2) is 0 Å². The lowest BCUT2D eigenvalue weighted by atomic mass is 9.64. The number of halogens is 1. The van der Waals surface area contributed by atoms with Gasteiger partial charge in [-0.2, -0.15) is 0 Å². The minimum atomic E-state index is -0.0521. The summed E-state index contributed by atoms with van der Waals surface area (Å²) in [4.78, 5) is 18.7. The van der Waals surface area contributed by atoms with Gasteiger partial charge >= 0.3 is 5.97 Å². The number of aliphatic imine (C=N–C) groups is 1. The highest BCUT2D eigenvalue weighted by molar-refractivity contribution is 9.10. The Balaban J connectivity index is 1.56. The Morgan fingerprint density at radius 3 is 2.48 bits per heavy atom. The lowest BCUT2D eigenvalue weighted by Crippen LogP contribution is -2.52. The first-order valence-corrected chi connectivity index (χ1v) is 10.8. The van der Waals surface area contributed by atoms with Gasteiger partial charge in [0, 0.05) is 36.6 Å². The molecular formula is C21H30BrN3O2. The summed E-state index contributed by atoms with van der Waals surface area (Å²) >= 11 is 3.53. The monoisotopic (exact) mass is 435 g/mol. The number of rotatable bonds is 5. The number of piperidine rings is 1. The topological polar surface area (TPSA) is 53.9 Å². The molecule has 0 radical (unpaired) electrons. The van der Waals surface area contributed by atoms with E-state index in [9.17, 15) is 4.79 Å². The van der Waals surface area contributed by atoms with Gasteiger partial charge < -0.3 is 15.0 Å². The van der Waals surface area contributed by atoms with Gasteiger partial charge in [-0.3, -0.25) is 9.79 Å².